The first kappa shape index (κ1) is 17.3. The van der Waals surface area contributed by atoms with Crippen molar-refractivity contribution in [3.05, 3.63) is 0 Å². The van der Waals surface area contributed by atoms with Gasteiger partial charge < -0.3 is 10.6 Å². The highest BCUT2D eigenvalue weighted by Gasteiger charge is 2.24. The summed E-state index contributed by atoms with van der Waals surface area (Å²) in [6, 6.07) is -0.0217. The zero-order valence-corrected chi connectivity index (χ0v) is 12.8. The fourth-order valence-corrected chi connectivity index (χ4v) is 2.24. The van der Waals surface area contributed by atoms with E-state index in [1.165, 1.54) is 38.5 Å². The molecule has 0 bridgehead atoms. The van der Waals surface area contributed by atoms with E-state index in [0.717, 1.165) is 12.8 Å². The second kappa shape index (κ2) is 10.2. The molecular weight excluding hydrogens is 224 g/mol. The third-order valence-corrected chi connectivity index (χ3v) is 3.42. The lowest BCUT2D eigenvalue weighted by Gasteiger charge is -2.31. The van der Waals surface area contributed by atoms with Crippen molar-refractivity contribution < 1.29 is 4.79 Å². The number of nitrogens with one attached hydrogen (secondary N) is 2. The van der Waals surface area contributed by atoms with Gasteiger partial charge in [-0.15, -0.1) is 0 Å². The predicted molar refractivity (Wildman–Crippen MR) is 78.9 cm³/mol. The van der Waals surface area contributed by atoms with Crippen LogP contribution in [0.4, 0.5) is 4.79 Å². The van der Waals surface area contributed by atoms with E-state index in [4.69, 9.17) is 0 Å². The number of unbranched alkanes of at least 4 members (excludes halogenated alkanes) is 4. The molecule has 0 aromatic rings. The summed E-state index contributed by atoms with van der Waals surface area (Å²) in [7, 11) is 0. The van der Waals surface area contributed by atoms with Crippen LogP contribution in [0.3, 0.4) is 0 Å². The molecule has 0 spiro atoms. The van der Waals surface area contributed by atoms with E-state index < -0.39 is 0 Å². The van der Waals surface area contributed by atoms with Gasteiger partial charge in [0.15, 0.2) is 0 Å². The molecule has 1 atom stereocenters. The minimum atomic E-state index is -0.0387. The summed E-state index contributed by atoms with van der Waals surface area (Å²) in [4.78, 5) is 11.7. The lowest BCUT2D eigenvalue weighted by molar-refractivity contribution is 0.219. The van der Waals surface area contributed by atoms with E-state index in [-0.39, 0.29) is 11.6 Å². The highest BCUT2D eigenvalue weighted by atomic mass is 16.2. The molecule has 0 aromatic carbocycles. The van der Waals surface area contributed by atoms with Crippen molar-refractivity contribution in [2.75, 3.05) is 6.54 Å². The minimum absolute atomic E-state index is 0.0217. The zero-order valence-electron chi connectivity index (χ0n) is 12.8. The van der Waals surface area contributed by atoms with Gasteiger partial charge in [-0.25, -0.2) is 4.79 Å². The van der Waals surface area contributed by atoms with Crippen molar-refractivity contribution in [1.29, 1.82) is 0 Å². The summed E-state index contributed by atoms with van der Waals surface area (Å²) in [5.74, 6) is 0. The van der Waals surface area contributed by atoms with Crippen LogP contribution in [-0.2, 0) is 0 Å². The van der Waals surface area contributed by atoms with Crippen LogP contribution in [0, 0.1) is 0 Å². The second-order valence-corrected chi connectivity index (χ2v) is 5.46. The average Bonchev–Trinajstić information content (AvgIpc) is 2.33. The molecule has 0 fully saturated rings. The fourth-order valence-electron chi connectivity index (χ4n) is 2.24. The normalized spacial score (nSPS) is 14.0. The first-order valence-corrected chi connectivity index (χ1v) is 7.64. The van der Waals surface area contributed by atoms with E-state index >= 15 is 0 Å². The third kappa shape index (κ3) is 8.37. The molecule has 108 valence electrons. The highest BCUT2D eigenvalue weighted by molar-refractivity contribution is 5.74. The standard InChI is InChI=1S/C15H32N2O/c1-5-8-10-11-13-15(4,12-9-6-2)17-14(18)16-7-3/h5-13H2,1-4H3,(H2,16,17,18). The number of rotatable bonds is 10. The minimum Gasteiger partial charge on any atom is -0.338 e. The Morgan fingerprint density at radius 2 is 1.56 bits per heavy atom. The molecule has 3 heteroatoms. The number of carbonyl (C=O) groups is 1. The van der Waals surface area contributed by atoms with Crippen LogP contribution in [0.25, 0.3) is 0 Å². The van der Waals surface area contributed by atoms with Crippen molar-refractivity contribution in [3.63, 3.8) is 0 Å². The summed E-state index contributed by atoms with van der Waals surface area (Å²) >= 11 is 0. The van der Waals surface area contributed by atoms with Crippen LogP contribution in [0.5, 0.6) is 0 Å². The molecule has 18 heavy (non-hydrogen) atoms. The number of urea groups is 1. The quantitative estimate of drug-likeness (QED) is 0.564. The number of carbonyl (C=O) groups excluding carboxylic acids is 1. The SMILES string of the molecule is CCCCCCC(C)(CCCC)NC(=O)NCC. The molecule has 1 unspecified atom stereocenters. The first-order chi connectivity index (χ1) is 8.58. The van der Waals surface area contributed by atoms with Gasteiger partial charge >= 0.3 is 6.03 Å². The van der Waals surface area contributed by atoms with E-state index in [2.05, 4.69) is 31.4 Å². The Morgan fingerprint density at radius 3 is 2.11 bits per heavy atom. The Morgan fingerprint density at radius 1 is 0.944 bits per heavy atom. The van der Waals surface area contributed by atoms with E-state index in [1.54, 1.807) is 0 Å². The molecule has 0 rings (SSSR count). The van der Waals surface area contributed by atoms with Crippen LogP contribution in [0.1, 0.15) is 79.1 Å². The molecule has 2 N–H and O–H groups in total. The molecule has 2 amide bonds. The van der Waals surface area contributed by atoms with Crippen molar-refractivity contribution in [3.8, 4) is 0 Å². The summed E-state index contributed by atoms with van der Waals surface area (Å²) < 4.78 is 0. The monoisotopic (exact) mass is 256 g/mol. The van der Waals surface area contributed by atoms with Gasteiger partial charge in [0, 0.05) is 12.1 Å². The summed E-state index contributed by atoms with van der Waals surface area (Å²) in [6.45, 7) is 9.24. The zero-order chi connectivity index (χ0) is 13.9. The molecule has 0 heterocycles. The molecule has 0 aliphatic rings. The van der Waals surface area contributed by atoms with Crippen LogP contribution in [0.15, 0.2) is 0 Å². The predicted octanol–water partition coefficient (Wildman–Crippen LogP) is 4.22. The molecule has 0 aliphatic heterocycles. The van der Waals surface area contributed by atoms with Crippen LogP contribution >= 0.6 is 0 Å². The van der Waals surface area contributed by atoms with Gasteiger partial charge in [0.2, 0.25) is 0 Å². The van der Waals surface area contributed by atoms with Crippen LogP contribution in [-0.4, -0.2) is 18.1 Å². The van der Waals surface area contributed by atoms with E-state index in [0.29, 0.717) is 6.54 Å². The highest BCUT2D eigenvalue weighted by Crippen LogP contribution is 2.21. The average molecular weight is 256 g/mol. The second-order valence-electron chi connectivity index (χ2n) is 5.46. The number of hydrogen-bond acceptors (Lipinski definition) is 1. The van der Waals surface area contributed by atoms with Crippen molar-refractivity contribution >= 4 is 6.03 Å². The molecule has 0 saturated carbocycles. The van der Waals surface area contributed by atoms with Crippen molar-refractivity contribution in [2.45, 2.75) is 84.6 Å². The summed E-state index contributed by atoms with van der Waals surface area (Å²) in [6.07, 6.45) is 9.56. The lowest BCUT2D eigenvalue weighted by atomic mass is 9.88. The smallest absolute Gasteiger partial charge is 0.315 e. The summed E-state index contributed by atoms with van der Waals surface area (Å²) in [5, 5.41) is 5.99. The Hall–Kier alpha value is -0.730. The largest absolute Gasteiger partial charge is 0.338 e. The Bertz CT molecular complexity index is 219. The maximum Gasteiger partial charge on any atom is 0.315 e. The maximum absolute atomic E-state index is 11.7. The van der Waals surface area contributed by atoms with E-state index in [9.17, 15) is 4.79 Å². The van der Waals surface area contributed by atoms with Gasteiger partial charge in [0.1, 0.15) is 0 Å². The molecule has 0 radical (unpaired) electrons. The Kier molecular flexibility index (Phi) is 9.80. The number of amides is 2. The van der Waals surface area contributed by atoms with Gasteiger partial charge in [0.25, 0.3) is 0 Å². The third-order valence-electron chi connectivity index (χ3n) is 3.42. The lowest BCUT2D eigenvalue weighted by Crippen LogP contribution is -2.50. The first-order valence-electron chi connectivity index (χ1n) is 7.64. The Labute approximate surface area is 113 Å². The fraction of sp³-hybridized carbons (Fsp3) is 0.933. The summed E-state index contributed by atoms with van der Waals surface area (Å²) in [5.41, 5.74) is -0.0387. The molecule has 0 aliphatic carbocycles. The van der Waals surface area contributed by atoms with Gasteiger partial charge in [0.05, 0.1) is 0 Å². The topological polar surface area (TPSA) is 41.1 Å². The molecular formula is C15H32N2O. The molecule has 0 saturated heterocycles. The van der Waals surface area contributed by atoms with Crippen LogP contribution < -0.4 is 10.6 Å². The maximum atomic E-state index is 11.7. The Balaban J connectivity index is 4.18. The van der Waals surface area contributed by atoms with Gasteiger partial charge in [-0.1, -0.05) is 52.4 Å². The van der Waals surface area contributed by atoms with Crippen molar-refractivity contribution in [2.24, 2.45) is 0 Å². The molecule has 3 nitrogen and oxygen atoms in total. The van der Waals surface area contributed by atoms with Gasteiger partial charge in [-0.05, 0) is 26.7 Å². The number of hydrogen-bond donors (Lipinski definition) is 2. The van der Waals surface area contributed by atoms with Crippen molar-refractivity contribution in [1.82, 2.24) is 10.6 Å². The molecule has 0 aromatic heterocycles. The van der Waals surface area contributed by atoms with Crippen LogP contribution in [0.2, 0.25) is 0 Å². The van der Waals surface area contributed by atoms with Gasteiger partial charge in [-0.2, -0.15) is 0 Å². The van der Waals surface area contributed by atoms with E-state index in [1.807, 2.05) is 6.92 Å². The van der Waals surface area contributed by atoms with Gasteiger partial charge in [-0.3, -0.25) is 0 Å².